The van der Waals surface area contributed by atoms with Gasteiger partial charge in [-0.05, 0) is 61.2 Å². The van der Waals surface area contributed by atoms with E-state index in [2.05, 4.69) is 5.32 Å². The van der Waals surface area contributed by atoms with Gasteiger partial charge in [0.05, 0.1) is 10.9 Å². The number of allylic oxidation sites excluding steroid dienone is 1. The number of fused-ring (bicyclic) bond motifs is 1. The standard InChI is InChI=1S/C20H19ClFNO2/c1-11(19-16(21)4-3-5-17(19)22)8-13-6-7-18-14(9-13)10-15(20(24)25)12(2)23-18/h3-9,12,15,23H,10H2,1-2H3,(H,24,25). The first-order valence-electron chi connectivity index (χ1n) is 8.11. The molecule has 0 saturated carbocycles. The Bertz CT molecular complexity index is 843. The molecule has 25 heavy (non-hydrogen) atoms. The lowest BCUT2D eigenvalue weighted by molar-refractivity contribution is -0.142. The highest BCUT2D eigenvalue weighted by atomic mass is 35.5. The van der Waals surface area contributed by atoms with Crippen LogP contribution in [0.25, 0.3) is 11.6 Å². The number of hydrogen-bond donors (Lipinski definition) is 2. The number of hydrogen-bond acceptors (Lipinski definition) is 2. The van der Waals surface area contributed by atoms with E-state index in [1.165, 1.54) is 6.07 Å². The summed E-state index contributed by atoms with van der Waals surface area (Å²) in [6.07, 6.45) is 2.33. The summed E-state index contributed by atoms with van der Waals surface area (Å²) in [7, 11) is 0. The second-order valence-electron chi connectivity index (χ2n) is 6.42. The van der Waals surface area contributed by atoms with E-state index < -0.39 is 11.9 Å². The molecule has 0 bridgehead atoms. The van der Waals surface area contributed by atoms with Gasteiger partial charge in [-0.2, -0.15) is 0 Å². The molecule has 2 aromatic rings. The van der Waals surface area contributed by atoms with Gasteiger partial charge in [-0.1, -0.05) is 29.8 Å². The molecule has 0 radical (unpaired) electrons. The molecule has 3 rings (SSSR count). The van der Waals surface area contributed by atoms with Crippen molar-refractivity contribution in [2.45, 2.75) is 26.3 Å². The van der Waals surface area contributed by atoms with Crippen LogP contribution in [0.3, 0.4) is 0 Å². The van der Waals surface area contributed by atoms with E-state index in [1.807, 2.05) is 38.1 Å². The van der Waals surface area contributed by atoms with Crippen LogP contribution in [-0.2, 0) is 11.2 Å². The SMILES string of the molecule is CC(=Cc1ccc2c(c1)CC(C(=O)O)C(C)N2)c1c(F)cccc1Cl. The lowest BCUT2D eigenvalue weighted by atomic mass is 9.87. The van der Waals surface area contributed by atoms with Crippen molar-refractivity contribution in [2.24, 2.45) is 5.92 Å². The van der Waals surface area contributed by atoms with Crippen LogP contribution in [0.2, 0.25) is 5.02 Å². The molecule has 0 aromatic heterocycles. The quantitative estimate of drug-likeness (QED) is 0.750. The van der Waals surface area contributed by atoms with Crippen molar-refractivity contribution in [3.63, 3.8) is 0 Å². The second kappa shape index (κ2) is 6.89. The van der Waals surface area contributed by atoms with Gasteiger partial charge in [-0.3, -0.25) is 4.79 Å². The monoisotopic (exact) mass is 359 g/mol. The van der Waals surface area contributed by atoms with Crippen LogP contribution in [0.4, 0.5) is 10.1 Å². The van der Waals surface area contributed by atoms with Gasteiger partial charge < -0.3 is 10.4 Å². The first-order valence-corrected chi connectivity index (χ1v) is 8.49. The van der Waals surface area contributed by atoms with Gasteiger partial charge >= 0.3 is 5.97 Å². The minimum absolute atomic E-state index is 0.120. The van der Waals surface area contributed by atoms with Gasteiger partial charge in [0.1, 0.15) is 5.82 Å². The predicted molar refractivity (Wildman–Crippen MR) is 99.3 cm³/mol. The molecule has 2 unspecified atom stereocenters. The smallest absolute Gasteiger partial charge is 0.308 e. The summed E-state index contributed by atoms with van der Waals surface area (Å²) in [5.41, 5.74) is 3.89. The minimum Gasteiger partial charge on any atom is -0.481 e. The van der Waals surface area contributed by atoms with Gasteiger partial charge in [-0.25, -0.2) is 4.39 Å². The van der Waals surface area contributed by atoms with Crippen molar-refractivity contribution in [1.29, 1.82) is 0 Å². The lowest BCUT2D eigenvalue weighted by Crippen LogP contribution is -2.37. The van der Waals surface area contributed by atoms with Crippen LogP contribution in [0, 0.1) is 11.7 Å². The zero-order valence-electron chi connectivity index (χ0n) is 14.0. The third-order valence-electron chi connectivity index (χ3n) is 4.61. The van der Waals surface area contributed by atoms with Crippen molar-refractivity contribution in [3.8, 4) is 0 Å². The highest BCUT2D eigenvalue weighted by molar-refractivity contribution is 6.32. The molecule has 2 aromatic carbocycles. The molecule has 0 saturated heterocycles. The summed E-state index contributed by atoms with van der Waals surface area (Å²) in [6.45, 7) is 3.68. The average molecular weight is 360 g/mol. The third kappa shape index (κ3) is 3.54. The Morgan fingerprint density at radius 2 is 2.12 bits per heavy atom. The fraction of sp³-hybridized carbons (Fsp3) is 0.250. The van der Waals surface area contributed by atoms with Crippen LogP contribution < -0.4 is 5.32 Å². The summed E-state index contributed by atoms with van der Waals surface area (Å²) in [6, 6.07) is 10.3. The van der Waals surface area contributed by atoms with E-state index in [1.54, 1.807) is 12.1 Å². The maximum absolute atomic E-state index is 14.1. The summed E-state index contributed by atoms with van der Waals surface area (Å²) < 4.78 is 14.1. The summed E-state index contributed by atoms with van der Waals surface area (Å²) in [5.74, 6) is -1.63. The first kappa shape index (κ1) is 17.5. The number of carbonyl (C=O) groups is 1. The fourth-order valence-corrected chi connectivity index (χ4v) is 3.58. The molecule has 0 fully saturated rings. The summed E-state index contributed by atoms with van der Waals surface area (Å²) >= 11 is 6.12. The van der Waals surface area contributed by atoms with Gasteiger partial charge in [0.15, 0.2) is 0 Å². The number of anilines is 1. The second-order valence-corrected chi connectivity index (χ2v) is 6.83. The van der Waals surface area contributed by atoms with Crippen molar-refractivity contribution in [1.82, 2.24) is 0 Å². The van der Waals surface area contributed by atoms with Gasteiger partial charge in [-0.15, -0.1) is 0 Å². The Hall–Kier alpha value is -2.33. The molecule has 5 heteroatoms. The predicted octanol–water partition coefficient (Wildman–Crippen LogP) is 5.10. The van der Waals surface area contributed by atoms with Crippen molar-refractivity contribution in [2.75, 3.05) is 5.32 Å². The number of carboxylic acids is 1. The first-order chi connectivity index (χ1) is 11.9. The normalized spacial score (nSPS) is 19.9. The highest BCUT2D eigenvalue weighted by Gasteiger charge is 2.30. The van der Waals surface area contributed by atoms with Crippen LogP contribution in [0.5, 0.6) is 0 Å². The molecule has 0 amide bonds. The van der Waals surface area contributed by atoms with Crippen LogP contribution in [0.15, 0.2) is 36.4 Å². The highest BCUT2D eigenvalue weighted by Crippen LogP contribution is 2.32. The molecule has 130 valence electrons. The summed E-state index contributed by atoms with van der Waals surface area (Å²) in [4.78, 5) is 11.4. The number of rotatable bonds is 3. The zero-order chi connectivity index (χ0) is 18.1. The largest absolute Gasteiger partial charge is 0.481 e. The lowest BCUT2D eigenvalue weighted by Gasteiger charge is -2.30. The molecule has 3 nitrogen and oxygen atoms in total. The van der Waals surface area contributed by atoms with Crippen LogP contribution in [-0.4, -0.2) is 17.1 Å². The number of benzene rings is 2. The molecule has 1 aliphatic rings. The molecule has 1 aliphatic heterocycles. The van der Waals surface area contributed by atoms with Crippen LogP contribution in [0.1, 0.15) is 30.5 Å². The number of nitrogens with one attached hydrogen (secondary N) is 1. The Morgan fingerprint density at radius 3 is 2.80 bits per heavy atom. The third-order valence-corrected chi connectivity index (χ3v) is 4.93. The zero-order valence-corrected chi connectivity index (χ0v) is 14.8. The number of halogens is 2. The van der Waals surface area contributed by atoms with Crippen molar-refractivity contribution in [3.05, 3.63) is 63.9 Å². The summed E-state index contributed by atoms with van der Waals surface area (Å²) in [5, 5.41) is 13.0. The molecule has 0 aliphatic carbocycles. The van der Waals surface area contributed by atoms with E-state index in [4.69, 9.17) is 11.6 Å². The molecular weight excluding hydrogens is 341 g/mol. The van der Waals surface area contributed by atoms with Gasteiger partial charge in [0.25, 0.3) is 0 Å². The average Bonchev–Trinajstić information content (AvgIpc) is 2.54. The van der Waals surface area contributed by atoms with Crippen LogP contribution >= 0.6 is 11.6 Å². The Balaban J connectivity index is 1.95. The Labute approximate surface area is 151 Å². The van der Waals surface area contributed by atoms with Crippen molar-refractivity contribution < 1.29 is 14.3 Å². The fourth-order valence-electron chi connectivity index (χ4n) is 3.27. The molecule has 0 spiro atoms. The molecular formula is C20H19ClFNO2. The Morgan fingerprint density at radius 1 is 1.36 bits per heavy atom. The van der Waals surface area contributed by atoms with E-state index in [9.17, 15) is 14.3 Å². The number of aliphatic carboxylic acids is 1. The molecule has 1 heterocycles. The van der Waals surface area contributed by atoms with E-state index >= 15 is 0 Å². The number of carboxylic acid groups (broad SMARTS) is 1. The van der Waals surface area contributed by atoms with Gasteiger partial charge in [0, 0.05) is 17.3 Å². The van der Waals surface area contributed by atoms with Crippen molar-refractivity contribution >= 4 is 34.9 Å². The van der Waals surface area contributed by atoms with E-state index in [0.717, 1.165) is 22.4 Å². The van der Waals surface area contributed by atoms with E-state index in [-0.39, 0.29) is 11.9 Å². The van der Waals surface area contributed by atoms with E-state index in [0.29, 0.717) is 17.0 Å². The minimum atomic E-state index is -0.805. The topological polar surface area (TPSA) is 49.3 Å². The maximum atomic E-state index is 14.1. The maximum Gasteiger partial charge on any atom is 0.308 e. The van der Waals surface area contributed by atoms with Gasteiger partial charge in [0.2, 0.25) is 0 Å². The molecule has 2 atom stereocenters. The Kier molecular flexibility index (Phi) is 4.82. The molecule has 2 N–H and O–H groups in total.